The summed E-state index contributed by atoms with van der Waals surface area (Å²) in [5, 5.41) is 7.20. The van der Waals surface area contributed by atoms with Gasteiger partial charge in [-0.2, -0.15) is 0 Å². The van der Waals surface area contributed by atoms with Gasteiger partial charge in [-0.25, -0.2) is 0 Å². The van der Waals surface area contributed by atoms with Gasteiger partial charge in [0, 0.05) is 36.7 Å². The third-order valence-corrected chi connectivity index (χ3v) is 5.14. The Labute approximate surface area is 150 Å². The van der Waals surface area contributed by atoms with Gasteiger partial charge in [0.15, 0.2) is 0 Å². The van der Waals surface area contributed by atoms with Gasteiger partial charge in [-0.15, -0.1) is 0 Å². The molecule has 2 aliphatic heterocycles. The standard InChI is InChI=1S/C21H27N3O/c1-2-5-20-17(4-1)6-7-18-8-9-19(16-21(18)23-20)22-10-3-11-24-12-14-25-15-13-24/h1-2,4-5,8-9,16,22-23H,3,6-7,10-15H2. The summed E-state index contributed by atoms with van der Waals surface area (Å²) in [6.45, 7) is 6.06. The molecule has 2 aliphatic rings. The van der Waals surface area contributed by atoms with Crippen LogP contribution in [0.15, 0.2) is 42.5 Å². The molecule has 25 heavy (non-hydrogen) atoms. The van der Waals surface area contributed by atoms with Crippen LogP contribution in [-0.2, 0) is 17.6 Å². The summed E-state index contributed by atoms with van der Waals surface area (Å²) < 4.78 is 5.40. The van der Waals surface area contributed by atoms with Crippen LogP contribution < -0.4 is 10.6 Å². The summed E-state index contributed by atoms with van der Waals surface area (Å²) in [6, 6.07) is 15.4. The van der Waals surface area contributed by atoms with Crippen LogP contribution in [0.1, 0.15) is 17.5 Å². The average molecular weight is 337 g/mol. The molecule has 4 nitrogen and oxygen atoms in total. The number of nitrogens with zero attached hydrogens (tertiary/aromatic N) is 1. The van der Waals surface area contributed by atoms with Gasteiger partial charge in [-0.1, -0.05) is 24.3 Å². The molecule has 132 valence electrons. The number of anilines is 3. The summed E-state index contributed by atoms with van der Waals surface area (Å²) in [6.07, 6.45) is 3.35. The van der Waals surface area contributed by atoms with E-state index >= 15 is 0 Å². The Balaban J connectivity index is 1.34. The maximum absolute atomic E-state index is 5.40. The fraction of sp³-hybridized carbons (Fsp3) is 0.429. The molecular weight excluding hydrogens is 310 g/mol. The summed E-state index contributed by atoms with van der Waals surface area (Å²) in [5.74, 6) is 0. The number of rotatable bonds is 5. The fourth-order valence-electron chi connectivity index (χ4n) is 3.66. The lowest BCUT2D eigenvalue weighted by atomic mass is 10.0. The molecule has 0 aliphatic carbocycles. The van der Waals surface area contributed by atoms with Crippen LogP contribution in [0.4, 0.5) is 17.1 Å². The Morgan fingerprint density at radius 2 is 1.76 bits per heavy atom. The van der Waals surface area contributed by atoms with Crippen LogP contribution in [0.5, 0.6) is 0 Å². The van der Waals surface area contributed by atoms with E-state index in [1.54, 1.807) is 0 Å². The molecule has 2 N–H and O–H groups in total. The van der Waals surface area contributed by atoms with Crippen molar-refractivity contribution in [2.45, 2.75) is 19.3 Å². The average Bonchev–Trinajstić information content (AvgIpc) is 2.85. The Morgan fingerprint density at radius 3 is 2.64 bits per heavy atom. The van der Waals surface area contributed by atoms with Crippen molar-refractivity contribution in [2.75, 3.05) is 50.0 Å². The van der Waals surface area contributed by atoms with Crippen LogP contribution in [0.2, 0.25) is 0 Å². The smallest absolute Gasteiger partial charge is 0.0594 e. The Morgan fingerprint density at radius 1 is 0.960 bits per heavy atom. The van der Waals surface area contributed by atoms with Crippen molar-refractivity contribution in [3.63, 3.8) is 0 Å². The first-order valence-electron chi connectivity index (χ1n) is 9.40. The maximum atomic E-state index is 5.40. The zero-order valence-electron chi connectivity index (χ0n) is 14.8. The zero-order valence-corrected chi connectivity index (χ0v) is 14.8. The number of fused-ring (bicyclic) bond motifs is 2. The molecule has 1 fully saturated rings. The molecule has 0 amide bonds. The van der Waals surface area contributed by atoms with Gasteiger partial charge in [0.25, 0.3) is 0 Å². The van der Waals surface area contributed by atoms with Crippen LogP contribution >= 0.6 is 0 Å². The number of morpholine rings is 1. The predicted molar refractivity (Wildman–Crippen MR) is 104 cm³/mol. The number of para-hydroxylation sites is 1. The van der Waals surface area contributed by atoms with Crippen LogP contribution in [0, 0.1) is 0 Å². The predicted octanol–water partition coefficient (Wildman–Crippen LogP) is 3.66. The highest BCUT2D eigenvalue weighted by Gasteiger charge is 2.13. The molecule has 2 aromatic rings. The van der Waals surface area contributed by atoms with E-state index in [1.165, 1.54) is 28.2 Å². The quantitative estimate of drug-likeness (QED) is 0.817. The van der Waals surface area contributed by atoms with Crippen LogP contribution in [0.25, 0.3) is 0 Å². The molecule has 0 aromatic heterocycles. The van der Waals surface area contributed by atoms with Gasteiger partial charge in [-0.05, 0) is 55.1 Å². The van der Waals surface area contributed by atoms with Gasteiger partial charge in [0.2, 0.25) is 0 Å². The van der Waals surface area contributed by atoms with Gasteiger partial charge < -0.3 is 15.4 Å². The first-order valence-corrected chi connectivity index (χ1v) is 9.40. The van der Waals surface area contributed by atoms with Crippen LogP contribution in [0.3, 0.4) is 0 Å². The lowest BCUT2D eigenvalue weighted by Gasteiger charge is -2.26. The molecule has 4 heteroatoms. The molecule has 2 heterocycles. The lowest BCUT2D eigenvalue weighted by molar-refractivity contribution is 0.0378. The summed E-state index contributed by atoms with van der Waals surface area (Å²) in [5.41, 5.74) is 6.48. The zero-order chi connectivity index (χ0) is 16.9. The summed E-state index contributed by atoms with van der Waals surface area (Å²) >= 11 is 0. The van der Waals surface area contributed by atoms with Gasteiger partial charge in [0.1, 0.15) is 0 Å². The molecular formula is C21H27N3O. The highest BCUT2D eigenvalue weighted by molar-refractivity contribution is 5.71. The highest BCUT2D eigenvalue weighted by Crippen LogP contribution is 2.31. The van der Waals surface area contributed by atoms with Gasteiger partial charge in [0.05, 0.1) is 13.2 Å². The Bertz CT molecular complexity index is 710. The van der Waals surface area contributed by atoms with Crippen molar-refractivity contribution in [2.24, 2.45) is 0 Å². The van der Waals surface area contributed by atoms with Gasteiger partial charge in [-0.3, -0.25) is 4.90 Å². The molecule has 0 unspecified atom stereocenters. The normalized spacial score (nSPS) is 17.1. The minimum Gasteiger partial charge on any atom is -0.385 e. The minimum absolute atomic E-state index is 0.880. The molecule has 2 aromatic carbocycles. The van der Waals surface area contributed by atoms with Crippen molar-refractivity contribution in [1.29, 1.82) is 0 Å². The fourth-order valence-corrected chi connectivity index (χ4v) is 3.66. The van der Waals surface area contributed by atoms with E-state index in [-0.39, 0.29) is 0 Å². The lowest BCUT2D eigenvalue weighted by Crippen LogP contribution is -2.37. The third kappa shape index (κ3) is 4.14. The highest BCUT2D eigenvalue weighted by atomic mass is 16.5. The molecule has 0 bridgehead atoms. The number of hydrogen-bond acceptors (Lipinski definition) is 4. The van der Waals surface area contributed by atoms with E-state index in [0.29, 0.717) is 0 Å². The van der Waals surface area contributed by atoms with E-state index in [2.05, 4.69) is 58.0 Å². The monoisotopic (exact) mass is 337 g/mol. The van der Waals surface area contributed by atoms with E-state index in [1.807, 2.05) is 0 Å². The van der Waals surface area contributed by atoms with Crippen molar-refractivity contribution < 1.29 is 4.74 Å². The number of ether oxygens (including phenoxy) is 1. The van der Waals surface area contributed by atoms with Crippen molar-refractivity contribution >= 4 is 17.1 Å². The van der Waals surface area contributed by atoms with E-state index in [0.717, 1.165) is 58.7 Å². The third-order valence-electron chi connectivity index (χ3n) is 5.14. The second kappa shape index (κ2) is 7.89. The first kappa shape index (κ1) is 16.4. The van der Waals surface area contributed by atoms with Crippen molar-refractivity contribution in [3.05, 3.63) is 53.6 Å². The second-order valence-electron chi connectivity index (χ2n) is 6.89. The van der Waals surface area contributed by atoms with E-state index in [4.69, 9.17) is 4.74 Å². The molecule has 1 saturated heterocycles. The number of benzene rings is 2. The largest absolute Gasteiger partial charge is 0.385 e. The molecule has 0 spiro atoms. The van der Waals surface area contributed by atoms with Gasteiger partial charge >= 0.3 is 0 Å². The van der Waals surface area contributed by atoms with Crippen LogP contribution in [-0.4, -0.2) is 44.3 Å². The maximum Gasteiger partial charge on any atom is 0.0594 e. The topological polar surface area (TPSA) is 36.5 Å². The van der Waals surface area contributed by atoms with Crippen molar-refractivity contribution in [1.82, 2.24) is 4.90 Å². The number of aryl methyl sites for hydroxylation is 2. The number of hydrogen-bond donors (Lipinski definition) is 2. The Hall–Kier alpha value is -2.04. The Kier molecular flexibility index (Phi) is 5.19. The SMILES string of the molecule is c1ccc2c(c1)CCc1ccc(NCCCN3CCOCC3)cc1N2. The number of nitrogens with one attached hydrogen (secondary N) is 2. The molecule has 0 radical (unpaired) electrons. The molecule has 0 saturated carbocycles. The molecule has 4 rings (SSSR count). The molecule has 0 atom stereocenters. The van der Waals surface area contributed by atoms with E-state index in [9.17, 15) is 0 Å². The summed E-state index contributed by atoms with van der Waals surface area (Å²) in [4.78, 5) is 2.49. The second-order valence-corrected chi connectivity index (χ2v) is 6.89. The minimum atomic E-state index is 0.880. The summed E-state index contributed by atoms with van der Waals surface area (Å²) in [7, 11) is 0. The van der Waals surface area contributed by atoms with E-state index < -0.39 is 0 Å². The van der Waals surface area contributed by atoms with Crippen molar-refractivity contribution in [3.8, 4) is 0 Å². The first-order chi connectivity index (χ1) is 12.4.